The topological polar surface area (TPSA) is 30.5 Å². The van der Waals surface area contributed by atoms with Crippen LogP contribution in [0.5, 0.6) is 5.75 Å². The molecule has 2 saturated heterocycles. The molecule has 0 aromatic heterocycles. The summed E-state index contributed by atoms with van der Waals surface area (Å²) in [6.45, 7) is 2.87. The SMILES string of the molecule is CCNC(c1cccc(OC)c1F)C1CC2CCC1O2. The number of hydrogen-bond donors (Lipinski definition) is 1. The summed E-state index contributed by atoms with van der Waals surface area (Å²) < 4.78 is 25.6. The molecule has 0 radical (unpaired) electrons. The van der Waals surface area contributed by atoms with E-state index in [0.29, 0.717) is 23.3 Å². The molecule has 4 heteroatoms. The Morgan fingerprint density at radius 1 is 1.45 bits per heavy atom. The monoisotopic (exact) mass is 279 g/mol. The molecule has 110 valence electrons. The Balaban J connectivity index is 1.91. The summed E-state index contributed by atoms with van der Waals surface area (Å²) >= 11 is 0. The molecule has 1 N–H and O–H groups in total. The van der Waals surface area contributed by atoms with Gasteiger partial charge in [0.15, 0.2) is 11.6 Å². The smallest absolute Gasteiger partial charge is 0.169 e. The lowest BCUT2D eigenvalue weighted by atomic mass is 9.80. The normalized spacial score (nSPS) is 29.6. The van der Waals surface area contributed by atoms with Crippen LogP contribution in [0.2, 0.25) is 0 Å². The molecule has 0 amide bonds. The predicted octanol–water partition coefficient (Wildman–Crippen LogP) is 3.05. The highest BCUT2D eigenvalue weighted by Crippen LogP contribution is 2.45. The lowest BCUT2D eigenvalue weighted by Crippen LogP contribution is -2.34. The fourth-order valence-electron chi connectivity index (χ4n) is 3.67. The van der Waals surface area contributed by atoms with E-state index in [9.17, 15) is 4.39 Å². The van der Waals surface area contributed by atoms with Crippen molar-refractivity contribution in [2.75, 3.05) is 13.7 Å². The average Bonchev–Trinajstić information content (AvgIpc) is 3.08. The second-order valence-corrected chi connectivity index (χ2v) is 5.67. The second-order valence-electron chi connectivity index (χ2n) is 5.67. The largest absolute Gasteiger partial charge is 0.494 e. The molecular weight excluding hydrogens is 257 g/mol. The molecule has 1 aromatic carbocycles. The predicted molar refractivity (Wildman–Crippen MR) is 75.4 cm³/mol. The van der Waals surface area contributed by atoms with Gasteiger partial charge in [0.2, 0.25) is 0 Å². The highest BCUT2D eigenvalue weighted by atomic mass is 19.1. The van der Waals surface area contributed by atoms with Crippen molar-refractivity contribution < 1.29 is 13.9 Å². The zero-order chi connectivity index (χ0) is 14.1. The fraction of sp³-hybridized carbons (Fsp3) is 0.625. The van der Waals surface area contributed by atoms with E-state index in [1.54, 1.807) is 6.07 Å². The number of methoxy groups -OCH3 is 1. The van der Waals surface area contributed by atoms with Crippen LogP contribution in [0.3, 0.4) is 0 Å². The van der Waals surface area contributed by atoms with E-state index in [0.717, 1.165) is 25.8 Å². The van der Waals surface area contributed by atoms with Crippen molar-refractivity contribution >= 4 is 0 Å². The van der Waals surface area contributed by atoms with Gasteiger partial charge < -0.3 is 14.8 Å². The lowest BCUT2D eigenvalue weighted by Gasteiger charge is -2.30. The minimum absolute atomic E-state index is 0.00500. The summed E-state index contributed by atoms with van der Waals surface area (Å²) in [5.41, 5.74) is 0.701. The number of nitrogens with one attached hydrogen (secondary N) is 1. The van der Waals surface area contributed by atoms with E-state index >= 15 is 0 Å². The molecular formula is C16H22FNO2. The Morgan fingerprint density at radius 3 is 2.90 bits per heavy atom. The molecule has 2 aliphatic rings. The van der Waals surface area contributed by atoms with Gasteiger partial charge in [-0.1, -0.05) is 19.1 Å². The Hall–Kier alpha value is -1.13. The van der Waals surface area contributed by atoms with Crippen LogP contribution in [0.15, 0.2) is 18.2 Å². The first-order valence-corrected chi connectivity index (χ1v) is 7.45. The van der Waals surface area contributed by atoms with Gasteiger partial charge in [-0.15, -0.1) is 0 Å². The van der Waals surface area contributed by atoms with E-state index in [1.165, 1.54) is 7.11 Å². The van der Waals surface area contributed by atoms with Crippen LogP contribution >= 0.6 is 0 Å². The molecule has 4 unspecified atom stereocenters. The first-order chi connectivity index (χ1) is 9.74. The maximum absolute atomic E-state index is 14.5. The Kier molecular flexibility index (Phi) is 3.94. The van der Waals surface area contributed by atoms with Crippen LogP contribution < -0.4 is 10.1 Å². The summed E-state index contributed by atoms with van der Waals surface area (Å²) in [5, 5.41) is 3.44. The standard InChI is InChI=1S/C16H22FNO2/c1-3-18-16(12-9-10-7-8-13(12)20-10)11-5-4-6-14(19-2)15(11)17/h4-6,10,12-13,16,18H,3,7-9H2,1-2H3. The van der Waals surface area contributed by atoms with Gasteiger partial charge in [-0.05, 0) is 31.9 Å². The highest BCUT2D eigenvalue weighted by molar-refractivity contribution is 5.34. The van der Waals surface area contributed by atoms with Gasteiger partial charge in [0.1, 0.15) is 0 Å². The zero-order valence-electron chi connectivity index (χ0n) is 12.1. The highest BCUT2D eigenvalue weighted by Gasteiger charge is 2.45. The van der Waals surface area contributed by atoms with Crippen molar-refractivity contribution in [3.05, 3.63) is 29.6 Å². The van der Waals surface area contributed by atoms with E-state index in [-0.39, 0.29) is 18.0 Å². The van der Waals surface area contributed by atoms with Gasteiger partial charge in [-0.3, -0.25) is 0 Å². The molecule has 0 aliphatic carbocycles. The van der Waals surface area contributed by atoms with E-state index in [2.05, 4.69) is 12.2 Å². The Morgan fingerprint density at radius 2 is 2.30 bits per heavy atom. The quantitative estimate of drug-likeness (QED) is 0.898. The van der Waals surface area contributed by atoms with E-state index in [1.807, 2.05) is 12.1 Å². The molecule has 0 saturated carbocycles. The van der Waals surface area contributed by atoms with Gasteiger partial charge in [0, 0.05) is 17.5 Å². The van der Waals surface area contributed by atoms with Gasteiger partial charge in [0.25, 0.3) is 0 Å². The first-order valence-electron chi connectivity index (χ1n) is 7.45. The van der Waals surface area contributed by atoms with Crippen molar-refractivity contribution in [1.82, 2.24) is 5.32 Å². The molecule has 2 heterocycles. The molecule has 2 fully saturated rings. The number of ether oxygens (including phenoxy) is 2. The average molecular weight is 279 g/mol. The van der Waals surface area contributed by atoms with Crippen LogP contribution in [-0.4, -0.2) is 25.9 Å². The van der Waals surface area contributed by atoms with Crippen molar-refractivity contribution in [1.29, 1.82) is 0 Å². The summed E-state index contributed by atoms with van der Waals surface area (Å²) in [6.07, 6.45) is 3.93. The van der Waals surface area contributed by atoms with Gasteiger partial charge in [0.05, 0.1) is 19.3 Å². The molecule has 0 spiro atoms. The minimum atomic E-state index is -0.247. The Labute approximate surface area is 119 Å². The fourth-order valence-corrected chi connectivity index (χ4v) is 3.67. The molecule has 4 atom stereocenters. The number of rotatable bonds is 5. The molecule has 2 bridgehead atoms. The maximum Gasteiger partial charge on any atom is 0.169 e. The van der Waals surface area contributed by atoms with Crippen molar-refractivity contribution in [3.8, 4) is 5.75 Å². The third kappa shape index (κ3) is 2.31. The van der Waals surface area contributed by atoms with Gasteiger partial charge in [-0.25, -0.2) is 4.39 Å². The van der Waals surface area contributed by atoms with Crippen molar-refractivity contribution in [2.24, 2.45) is 5.92 Å². The molecule has 3 rings (SSSR count). The third-order valence-corrected chi connectivity index (χ3v) is 4.55. The van der Waals surface area contributed by atoms with Crippen LogP contribution in [0.25, 0.3) is 0 Å². The van der Waals surface area contributed by atoms with E-state index < -0.39 is 0 Å². The number of benzene rings is 1. The van der Waals surface area contributed by atoms with Crippen molar-refractivity contribution in [2.45, 2.75) is 44.4 Å². The van der Waals surface area contributed by atoms with Crippen molar-refractivity contribution in [3.63, 3.8) is 0 Å². The molecule has 1 aromatic rings. The van der Waals surface area contributed by atoms with Crippen LogP contribution in [-0.2, 0) is 4.74 Å². The Bertz CT molecular complexity index is 480. The van der Waals surface area contributed by atoms with Gasteiger partial charge in [-0.2, -0.15) is 0 Å². The molecule has 3 nitrogen and oxygen atoms in total. The van der Waals surface area contributed by atoms with Gasteiger partial charge >= 0.3 is 0 Å². The molecule has 20 heavy (non-hydrogen) atoms. The molecule has 2 aliphatic heterocycles. The second kappa shape index (κ2) is 5.70. The minimum Gasteiger partial charge on any atom is -0.494 e. The maximum atomic E-state index is 14.5. The summed E-state index contributed by atoms with van der Waals surface area (Å²) in [6, 6.07) is 5.39. The third-order valence-electron chi connectivity index (χ3n) is 4.55. The number of fused-ring (bicyclic) bond motifs is 2. The first kappa shape index (κ1) is 13.8. The number of halogens is 1. The number of hydrogen-bond acceptors (Lipinski definition) is 3. The van der Waals surface area contributed by atoms with Crippen LogP contribution in [0.4, 0.5) is 4.39 Å². The van der Waals surface area contributed by atoms with Crippen LogP contribution in [0, 0.1) is 11.7 Å². The van der Waals surface area contributed by atoms with Crippen LogP contribution in [0.1, 0.15) is 37.8 Å². The summed E-state index contributed by atoms with van der Waals surface area (Å²) in [4.78, 5) is 0. The zero-order valence-corrected chi connectivity index (χ0v) is 12.1. The summed E-state index contributed by atoms with van der Waals surface area (Å²) in [5.74, 6) is 0.425. The summed E-state index contributed by atoms with van der Waals surface area (Å²) in [7, 11) is 1.51. The lowest BCUT2D eigenvalue weighted by molar-refractivity contribution is 0.0855. The van der Waals surface area contributed by atoms with E-state index in [4.69, 9.17) is 9.47 Å².